The number of primary sulfonamides is 1. The molecule has 2 aromatic carbocycles. The van der Waals surface area contributed by atoms with Crippen molar-refractivity contribution in [2.24, 2.45) is 5.14 Å². The van der Waals surface area contributed by atoms with Gasteiger partial charge in [0.05, 0.1) is 10.6 Å². The lowest BCUT2D eigenvalue weighted by atomic mass is 10.1. The maximum Gasteiger partial charge on any atom is 0.301 e. The quantitative estimate of drug-likeness (QED) is 0.835. The normalized spacial score (nSPS) is 12.3. The Morgan fingerprint density at radius 2 is 1.83 bits per heavy atom. The van der Waals surface area contributed by atoms with Crippen LogP contribution in [0.2, 0.25) is 0 Å². The first-order chi connectivity index (χ1) is 10.6. The summed E-state index contributed by atoms with van der Waals surface area (Å²) in [6.45, 7) is 0. The Morgan fingerprint density at radius 3 is 2.43 bits per heavy atom. The molecule has 0 spiro atoms. The van der Waals surface area contributed by atoms with Crippen LogP contribution in [-0.4, -0.2) is 35.2 Å². The molecule has 9 heteroatoms. The highest BCUT2D eigenvalue weighted by molar-refractivity contribution is 7.90. The summed E-state index contributed by atoms with van der Waals surface area (Å²) >= 11 is 0. The minimum Gasteiger partial charge on any atom is -0.271 e. The lowest BCUT2D eigenvalue weighted by Crippen LogP contribution is -2.28. The van der Waals surface area contributed by atoms with Crippen molar-refractivity contribution in [3.05, 3.63) is 48.5 Å². The fourth-order valence-corrected chi connectivity index (χ4v) is 3.21. The monoisotopic (exact) mass is 354 g/mol. The Morgan fingerprint density at radius 1 is 1.13 bits per heavy atom. The number of rotatable bonds is 5. The maximum atomic E-state index is 11.9. The molecule has 0 atom stereocenters. The summed E-state index contributed by atoms with van der Waals surface area (Å²) in [6.07, 6.45) is 0. The standard InChI is InChI=1S/C14H16N3O4S2/c1-17(2)23(20,21)16-12-7-5-6-11(10-12)13-8-3-4-9-14(13)22(15,18)19/h3,5-10,16H,1-2H3,(H2,15,18,19). The van der Waals surface area contributed by atoms with E-state index in [0.717, 1.165) is 4.31 Å². The van der Waals surface area contributed by atoms with E-state index < -0.39 is 20.2 Å². The number of nitrogens with two attached hydrogens (primary N) is 1. The van der Waals surface area contributed by atoms with Gasteiger partial charge in [-0.1, -0.05) is 24.3 Å². The lowest BCUT2D eigenvalue weighted by Gasteiger charge is -2.14. The SMILES string of the molecule is CN(C)S(=O)(=O)Nc1cccc(-c2cc[c]cc2S(N)(=O)=O)c1. The van der Waals surface area contributed by atoms with Crippen LogP contribution in [0.3, 0.4) is 0 Å². The predicted molar refractivity (Wildman–Crippen MR) is 88.3 cm³/mol. The van der Waals surface area contributed by atoms with Crippen molar-refractivity contribution >= 4 is 25.9 Å². The van der Waals surface area contributed by atoms with E-state index in [9.17, 15) is 16.8 Å². The van der Waals surface area contributed by atoms with Crippen molar-refractivity contribution < 1.29 is 16.8 Å². The lowest BCUT2D eigenvalue weighted by molar-refractivity contribution is 0.527. The molecule has 0 saturated heterocycles. The molecule has 0 amide bonds. The fraction of sp³-hybridized carbons (Fsp3) is 0.143. The zero-order valence-corrected chi connectivity index (χ0v) is 14.1. The van der Waals surface area contributed by atoms with Crippen molar-refractivity contribution in [2.45, 2.75) is 4.90 Å². The van der Waals surface area contributed by atoms with Gasteiger partial charge in [0.1, 0.15) is 0 Å². The summed E-state index contributed by atoms with van der Waals surface area (Å²) in [5.74, 6) is 0. The van der Waals surface area contributed by atoms with Crippen molar-refractivity contribution in [1.82, 2.24) is 4.31 Å². The highest BCUT2D eigenvalue weighted by atomic mass is 32.2. The zero-order valence-electron chi connectivity index (χ0n) is 12.5. The van der Waals surface area contributed by atoms with Crippen molar-refractivity contribution in [3.63, 3.8) is 0 Å². The van der Waals surface area contributed by atoms with Gasteiger partial charge in [-0.15, -0.1) is 0 Å². The van der Waals surface area contributed by atoms with Gasteiger partial charge in [-0.3, -0.25) is 4.72 Å². The number of nitrogens with one attached hydrogen (secondary N) is 1. The summed E-state index contributed by atoms with van der Waals surface area (Å²) in [4.78, 5) is -0.0763. The molecule has 3 N–H and O–H groups in total. The molecule has 23 heavy (non-hydrogen) atoms. The molecule has 0 saturated carbocycles. The zero-order chi connectivity index (χ0) is 17.3. The van der Waals surface area contributed by atoms with Gasteiger partial charge in [0.15, 0.2) is 0 Å². The minimum atomic E-state index is -3.92. The van der Waals surface area contributed by atoms with Crippen molar-refractivity contribution in [2.75, 3.05) is 18.8 Å². The summed E-state index contributed by atoms with van der Waals surface area (Å²) in [7, 11) is -4.77. The third-order valence-electron chi connectivity index (χ3n) is 3.03. The van der Waals surface area contributed by atoms with E-state index in [1.54, 1.807) is 30.3 Å². The Labute approximate surface area is 136 Å². The second-order valence-corrected chi connectivity index (χ2v) is 8.35. The molecule has 2 rings (SSSR count). The summed E-state index contributed by atoms with van der Waals surface area (Å²) < 4.78 is 50.5. The van der Waals surface area contributed by atoms with E-state index >= 15 is 0 Å². The predicted octanol–water partition coefficient (Wildman–Crippen LogP) is 1.02. The molecule has 0 bridgehead atoms. The highest BCUT2D eigenvalue weighted by Gasteiger charge is 2.16. The molecule has 123 valence electrons. The number of anilines is 1. The van der Waals surface area contributed by atoms with Gasteiger partial charge < -0.3 is 0 Å². The number of sulfonamides is 1. The molecule has 0 fully saturated rings. The van der Waals surface area contributed by atoms with E-state index in [2.05, 4.69) is 10.8 Å². The largest absolute Gasteiger partial charge is 0.301 e. The molecule has 2 aromatic rings. The van der Waals surface area contributed by atoms with Crippen molar-refractivity contribution in [1.29, 1.82) is 0 Å². The van der Waals surface area contributed by atoms with E-state index in [-0.39, 0.29) is 4.90 Å². The molecular weight excluding hydrogens is 338 g/mol. The van der Waals surface area contributed by atoms with Crippen LogP contribution in [-0.2, 0) is 20.2 Å². The van der Waals surface area contributed by atoms with Crippen LogP contribution < -0.4 is 9.86 Å². The Balaban J connectivity index is 2.51. The second kappa shape index (κ2) is 6.28. The van der Waals surface area contributed by atoms with E-state index in [1.807, 2.05) is 0 Å². The second-order valence-electron chi connectivity index (χ2n) is 4.94. The Bertz CT molecular complexity index is 923. The van der Waals surface area contributed by atoms with E-state index in [4.69, 9.17) is 5.14 Å². The topological polar surface area (TPSA) is 110 Å². The first-order valence-corrected chi connectivity index (χ1v) is 9.43. The van der Waals surface area contributed by atoms with Gasteiger partial charge >= 0.3 is 10.2 Å². The van der Waals surface area contributed by atoms with E-state index in [0.29, 0.717) is 16.8 Å². The molecule has 1 radical (unpaired) electrons. The van der Waals surface area contributed by atoms with E-state index in [1.165, 1.54) is 26.2 Å². The number of hydrogen-bond donors (Lipinski definition) is 2. The van der Waals surface area contributed by atoms with Gasteiger partial charge in [-0.2, -0.15) is 12.7 Å². The molecule has 0 aliphatic rings. The molecule has 0 heterocycles. The summed E-state index contributed by atoms with van der Waals surface area (Å²) in [5.41, 5.74) is 1.20. The van der Waals surface area contributed by atoms with Gasteiger partial charge in [-0.05, 0) is 29.8 Å². The van der Waals surface area contributed by atoms with Crippen molar-refractivity contribution in [3.8, 4) is 11.1 Å². The summed E-state index contributed by atoms with van der Waals surface area (Å²) in [6, 6.07) is 13.4. The van der Waals surface area contributed by atoms with Gasteiger partial charge in [-0.25, -0.2) is 13.6 Å². The first-order valence-electron chi connectivity index (χ1n) is 6.45. The molecule has 0 aliphatic heterocycles. The summed E-state index contributed by atoms with van der Waals surface area (Å²) in [5, 5.41) is 5.21. The first kappa shape index (κ1) is 17.4. The molecular formula is C14H16N3O4S2. The highest BCUT2D eigenvalue weighted by Crippen LogP contribution is 2.28. The van der Waals surface area contributed by atoms with Crippen LogP contribution in [0.1, 0.15) is 0 Å². The number of hydrogen-bond acceptors (Lipinski definition) is 4. The average Bonchev–Trinajstić information content (AvgIpc) is 2.46. The van der Waals surface area contributed by atoms with Crippen LogP contribution in [0.25, 0.3) is 11.1 Å². The number of nitrogens with zero attached hydrogens (tertiary/aromatic N) is 1. The van der Waals surface area contributed by atoms with Crippen LogP contribution >= 0.6 is 0 Å². The Kier molecular flexibility index (Phi) is 4.76. The minimum absolute atomic E-state index is 0.0763. The van der Waals surface area contributed by atoms with Gasteiger partial charge in [0.25, 0.3) is 0 Å². The molecule has 7 nitrogen and oxygen atoms in total. The average molecular weight is 354 g/mol. The Hall–Kier alpha value is -1.94. The van der Waals surface area contributed by atoms with Crippen LogP contribution in [0.15, 0.2) is 47.4 Å². The fourth-order valence-electron chi connectivity index (χ4n) is 1.88. The van der Waals surface area contributed by atoms with Crippen LogP contribution in [0, 0.1) is 6.07 Å². The number of benzene rings is 2. The van der Waals surface area contributed by atoms with Crippen LogP contribution in [0.4, 0.5) is 5.69 Å². The third kappa shape index (κ3) is 4.08. The van der Waals surface area contributed by atoms with Gasteiger partial charge in [0, 0.05) is 19.7 Å². The maximum absolute atomic E-state index is 11.9. The smallest absolute Gasteiger partial charge is 0.271 e. The van der Waals surface area contributed by atoms with Crippen LogP contribution in [0.5, 0.6) is 0 Å². The van der Waals surface area contributed by atoms with Gasteiger partial charge in [0.2, 0.25) is 10.0 Å². The molecule has 0 aliphatic carbocycles. The molecule has 0 aromatic heterocycles. The molecule has 0 unspecified atom stereocenters. The third-order valence-corrected chi connectivity index (χ3v) is 5.44.